The molecular weight excluding hydrogens is 543 g/mol. The summed E-state index contributed by atoms with van der Waals surface area (Å²) in [5.41, 5.74) is 9.52. The van der Waals surface area contributed by atoms with Crippen LogP contribution >= 0.6 is 11.3 Å². The highest BCUT2D eigenvalue weighted by Crippen LogP contribution is 2.59. The highest BCUT2D eigenvalue weighted by atomic mass is 32.1. The van der Waals surface area contributed by atoms with Gasteiger partial charge in [0, 0.05) is 32.0 Å². The lowest BCUT2D eigenvalue weighted by Crippen LogP contribution is -2.27. The third-order valence-electron chi connectivity index (χ3n) is 9.73. The Morgan fingerprint density at radius 3 is 2.21 bits per heavy atom. The fourth-order valence-corrected chi connectivity index (χ4v) is 8.86. The molecule has 0 aliphatic heterocycles. The van der Waals surface area contributed by atoms with Crippen LogP contribution in [-0.4, -0.2) is 14.5 Å². The maximum Gasteiger partial charge on any atom is 0.235 e. The van der Waals surface area contributed by atoms with Crippen molar-refractivity contribution in [2.75, 3.05) is 0 Å². The van der Waals surface area contributed by atoms with Gasteiger partial charge in [0.25, 0.3) is 0 Å². The van der Waals surface area contributed by atoms with E-state index in [1.165, 1.54) is 47.9 Å². The van der Waals surface area contributed by atoms with Gasteiger partial charge in [-0.1, -0.05) is 124 Å². The fourth-order valence-electron chi connectivity index (χ4n) is 7.36. The van der Waals surface area contributed by atoms with Crippen LogP contribution < -0.4 is 0 Å². The second kappa shape index (κ2) is 8.85. The van der Waals surface area contributed by atoms with Crippen molar-refractivity contribution in [1.82, 2.24) is 14.5 Å². The molecule has 0 saturated carbocycles. The predicted octanol–water partition coefficient (Wildman–Crippen LogP) is 10.6. The van der Waals surface area contributed by atoms with Crippen molar-refractivity contribution in [3.63, 3.8) is 0 Å². The van der Waals surface area contributed by atoms with E-state index < -0.39 is 0 Å². The molecule has 3 heterocycles. The number of aromatic nitrogens is 3. The Hall–Kier alpha value is -4.80. The summed E-state index contributed by atoms with van der Waals surface area (Å²) >= 11 is 1.93. The Balaban J connectivity index is 1.44. The van der Waals surface area contributed by atoms with Crippen LogP contribution in [0.2, 0.25) is 0 Å². The van der Waals surface area contributed by atoms with Crippen LogP contribution in [0, 0.1) is 5.92 Å². The lowest BCUT2D eigenvalue weighted by atomic mass is 9.71. The summed E-state index contributed by atoms with van der Waals surface area (Å²) in [4.78, 5) is 12.0. The molecule has 1 atom stereocenters. The number of benzene rings is 5. The molecule has 8 aromatic rings. The number of fused-ring (bicyclic) bond motifs is 10. The highest BCUT2D eigenvalue weighted by Gasteiger charge is 2.44. The Labute approximate surface area is 254 Å². The van der Waals surface area contributed by atoms with Crippen LogP contribution in [0.1, 0.15) is 31.9 Å². The van der Waals surface area contributed by atoms with Gasteiger partial charge in [-0.05, 0) is 40.1 Å². The van der Waals surface area contributed by atoms with Crippen molar-refractivity contribution in [3.8, 4) is 27.6 Å². The number of para-hydroxylation sites is 2. The lowest BCUT2D eigenvalue weighted by molar-refractivity contribution is 0.417. The van der Waals surface area contributed by atoms with E-state index >= 15 is 0 Å². The van der Waals surface area contributed by atoms with E-state index in [9.17, 15) is 0 Å². The molecule has 43 heavy (non-hydrogen) atoms. The van der Waals surface area contributed by atoms with Crippen LogP contribution in [0.15, 0.2) is 115 Å². The maximum absolute atomic E-state index is 5.33. The molecule has 1 aliphatic carbocycles. The zero-order chi connectivity index (χ0) is 28.9. The van der Waals surface area contributed by atoms with Gasteiger partial charge in [-0.3, -0.25) is 4.57 Å². The van der Waals surface area contributed by atoms with Crippen molar-refractivity contribution >= 4 is 54.1 Å². The predicted molar refractivity (Wildman–Crippen MR) is 181 cm³/mol. The van der Waals surface area contributed by atoms with Gasteiger partial charge in [-0.25, -0.2) is 9.97 Å². The number of nitrogens with zero attached hydrogens (tertiary/aromatic N) is 3. The van der Waals surface area contributed by atoms with Crippen LogP contribution in [0.5, 0.6) is 0 Å². The molecule has 3 aromatic heterocycles. The molecule has 3 nitrogen and oxygen atoms in total. The third kappa shape index (κ3) is 3.24. The van der Waals surface area contributed by atoms with Gasteiger partial charge in [-0.2, -0.15) is 0 Å². The maximum atomic E-state index is 5.33. The molecular formula is C39H29N3S. The minimum absolute atomic E-state index is 0.0609. The fraction of sp³-hybridized carbons (Fsp3) is 0.128. The summed E-state index contributed by atoms with van der Waals surface area (Å²) in [5, 5.41) is 4.86. The van der Waals surface area contributed by atoms with Crippen molar-refractivity contribution in [2.45, 2.75) is 26.2 Å². The number of rotatable bonds is 3. The standard InChI is InChI=1S/C39H29N3S/c1-23(2)39(3)30-18-10-7-16-27(30)36-33(39)29-22-21-26-25-15-9-12-20-32(25)42(35(26)37(29)43-36)38-40-31-19-11-8-17-28(31)34(41-38)24-13-5-4-6-14-24/h4-23H,1-3H3. The summed E-state index contributed by atoms with van der Waals surface area (Å²) < 4.78 is 3.62. The van der Waals surface area contributed by atoms with Gasteiger partial charge in [0.15, 0.2) is 0 Å². The minimum Gasteiger partial charge on any atom is -0.276 e. The van der Waals surface area contributed by atoms with Gasteiger partial charge >= 0.3 is 0 Å². The highest BCUT2D eigenvalue weighted by molar-refractivity contribution is 7.23. The second-order valence-corrected chi connectivity index (χ2v) is 13.2. The molecule has 5 aromatic carbocycles. The SMILES string of the molecule is CC(C)C1(C)c2ccccc2-c2sc3c(ccc4c5ccccc5n(-c5nc(-c6ccccc6)c6ccccc6n5)c43)c21. The number of thiophene rings is 1. The van der Waals surface area contributed by atoms with Gasteiger partial charge in [0.1, 0.15) is 0 Å². The monoisotopic (exact) mass is 571 g/mol. The lowest BCUT2D eigenvalue weighted by Gasteiger charge is -2.32. The Morgan fingerprint density at radius 1 is 0.674 bits per heavy atom. The van der Waals surface area contributed by atoms with E-state index in [4.69, 9.17) is 9.97 Å². The van der Waals surface area contributed by atoms with Crippen molar-refractivity contribution in [3.05, 3.63) is 126 Å². The molecule has 1 aliphatic rings. The quantitative estimate of drug-likeness (QED) is 0.211. The molecule has 206 valence electrons. The zero-order valence-electron chi connectivity index (χ0n) is 24.3. The first-order valence-corrected chi connectivity index (χ1v) is 15.8. The molecule has 0 saturated heterocycles. The van der Waals surface area contributed by atoms with Gasteiger partial charge < -0.3 is 0 Å². The summed E-state index contributed by atoms with van der Waals surface area (Å²) in [6.07, 6.45) is 0. The van der Waals surface area contributed by atoms with E-state index in [0.29, 0.717) is 11.9 Å². The van der Waals surface area contributed by atoms with Crippen molar-refractivity contribution in [1.29, 1.82) is 0 Å². The molecule has 0 amide bonds. The molecule has 4 heteroatoms. The smallest absolute Gasteiger partial charge is 0.235 e. The van der Waals surface area contributed by atoms with E-state index in [1.807, 2.05) is 11.3 Å². The summed E-state index contributed by atoms with van der Waals surface area (Å²) in [6.45, 7) is 7.16. The average Bonchev–Trinajstić information content (AvgIpc) is 3.68. The average molecular weight is 572 g/mol. The summed E-state index contributed by atoms with van der Waals surface area (Å²) in [7, 11) is 0. The molecule has 0 spiro atoms. The van der Waals surface area contributed by atoms with E-state index in [2.05, 4.69) is 141 Å². The second-order valence-electron chi connectivity index (χ2n) is 12.2. The van der Waals surface area contributed by atoms with Crippen LogP contribution in [-0.2, 0) is 5.41 Å². The minimum atomic E-state index is -0.0609. The summed E-state index contributed by atoms with van der Waals surface area (Å²) in [6, 6.07) is 41.2. The number of hydrogen-bond acceptors (Lipinski definition) is 3. The Morgan fingerprint density at radius 2 is 1.37 bits per heavy atom. The Kier molecular flexibility index (Phi) is 5.10. The van der Waals surface area contributed by atoms with E-state index in [1.54, 1.807) is 0 Å². The molecule has 9 rings (SSSR count). The normalized spacial score (nSPS) is 16.1. The third-order valence-corrected chi connectivity index (χ3v) is 11.0. The van der Waals surface area contributed by atoms with Crippen molar-refractivity contribution in [2.24, 2.45) is 5.92 Å². The molecule has 0 bridgehead atoms. The molecule has 0 radical (unpaired) electrons. The van der Waals surface area contributed by atoms with Gasteiger partial charge in [0.2, 0.25) is 5.95 Å². The first kappa shape index (κ1) is 24.8. The van der Waals surface area contributed by atoms with Crippen molar-refractivity contribution < 1.29 is 0 Å². The topological polar surface area (TPSA) is 30.7 Å². The van der Waals surface area contributed by atoms with Crippen LogP contribution in [0.25, 0.3) is 70.4 Å². The molecule has 1 unspecified atom stereocenters. The first-order valence-electron chi connectivity index (χ1n) is 15.0. The van der Waals surface area contributed by atoms with E-state index in [-0.39, 0.29) is 5.41 Å². The molecule has 0 N–H and O–H groups in total. The summed E-state index contributed by atoms with van der Waals surface area (Å²) in [5.74, 6) is 1.16. The van der Waals surface area contributed by atoms with E-state index in [0.717, 1.165) is 27.7 Å². The number of hydrogen-bond donors (Lipinski definition) is 0. The molecule has 0 fully saturated rings. The van der Waals surface area contributed by atoms with Gasteiger partial charge in [-0.15, -0.1) is 11.3 Å². The zero-order valence-corrected chi connectivity index (χ0v) is 25.1. The van der Waals surface area contributed by atoms with Crippen LogP contribution in [0.3, 0.4) is 0 Å². The van der Waals surface area contributed by atoms with Gasteiger partial charge in [0.05, 0.1) is 26.9 Å². The Bertz CT molecular complexity index is 2400. The first-order chi connectivity index (χ1) is 21.1. The van der Waals surface area contributed by atoms with Crippen LogP contribution in [0.4, 0.5) is 0 Å². The largest absolute Gasteiger partial charge is 0.276 e.